The molecule has 3 heterocycles. The van der Waals surface area contributed by atoms with Gasteiger partial charge in [0.15, 0.2) is 0 Å². The highest BCUT2D eigenvalue weighted by molar-refractivity contribution is 5.81. The van der Waals surface area contributed by atoms with Gasteiger partial charge in [0.25, 0.3) is 0 Å². The first-order valence-corrected chi connectivity index (χ1v) is 8.08. The van der Waals surface area contributed by atoms with Crippen molar-refractivity contribution in [3.05, 3.63) is 47.7 Å². The molecule has 25 heavy (non-hydrogen) atoms. The van der Waals surface area contributed by atoms with E-state index in [1.165, 1.54) is 0 Å². The van der Waals surface area contributed by atoms with Crippen molar-refractivity contribution in [3.8, 4) is 6.07 Å². The predicted molar refractivity (Wildman–Crippen MR) is 91.0 cm³/mol. The number of fused-ring (bicyclic) bond motifs is 1. The molecule has 1 fully saturated rings. The topological polar surface area (TPSA) is 88.1 Å². The molecule has 1 aromatic carbocycles. The van der Waals surface area contributed by atoms with Crippen LogP contribution in [0.1, 0.15) is 29.8 Å². The van der Waals surface area contributed by atoms with Crippen LogP contribution in [0.5, 0.6) is 0 Å². The number of hydrogen-bond donors (Lipinski definition) is 0. The van der Waals surface area contributed by atoms with E-state index in [2.05, 4.69) is 21.2 Å². The van der Waals surface area contributed by atoms with Gasteiger partial charge >= 0.3 is 0 Å². The van der Waals surface area contributed by atoms with Gasteiger partial charge in [-0.1, -0.05) is 0 Å². The molecule has 0 spiro atoms. The maximum Gasteiger partial charge on any atom is 0.238 e. The highest BCUT2D eigenvalue weighted by atomic mass is 16.5. The van der Waals surface area contributed by atoms with Gasteiger partial charge in [0, 0.05) is 32.4 Å². The first-order chi connectivity index (χ1) is 12.2. The minimum Gasteiger partial charge on any atom is -0.423 e. The lowest BCUT2D eigenvalue weighted by Gasteiger charge is -2.23. The fraction of sp³-hybridized carbons (Fsp3) is 0.333. The Kier molecular flexibility index (Phi) is 3.82. The van der Waals surface area contributed by atoms with E-state index in [4.69, 9.17) is 19.4 Å². The van der Waals surface area contributed by atoms with Gasteiger partial charge in [-0.15, -0.1) is 10.2 Å². The van der Waals surface area contributed by atoms with Crippen LogP contribution >= 0.6 is 0 Å². The Labute approximate surface area is 144 Å². The summed E-state index contributed by atoms with van der Waals surface area (Å²) < 4.78 is 11.2. The quantitative estimate of drug-likeness (QED) is 0.727. The second-order valence-corrected chi connectivity index (χ2v) is 6.11. The van der Waals surface area contributed by atoms with Crippen LogP contribution in [-0.2, 0) is 4.74 Å². The third kappa shape index (κ3) is 2.81. The van der Waals surface area contributed by atoms with Crippen molar-refractivity contribution in [2.75, 3.05) is 18.6 Å². The minimum atomic E-state index is -0.0607. The molecule has 126 valence electrons. The van der Waals surface area contributed by atoms with Crippen molar-refractivity contribution in [1.29, 1.82) is 5.26 Å². The number of aryl methyl sites for hydroxylation is 1. The van der Waals surface area contributed by atoms with Gasteiger partial charge in [-0.2, -0.15) is 5.26 Å². The Morgan fingerprint density at radius 1 is 1.28 bits per heavy atom. The molecule has 3 aromatic rings. The summed E-state index contributed by atoms with van der Waals surface area (Å²) in [7, 11) is 1.71. The lowest BCUT2D eigenvalue weighted by molar-refractivity contribution is 0.117. The SMILES string of the molecule is CO[C@@H]1C[C@H](c2nnc(C)o2)N(c2ccc3cc(C#N)ccc3n2)C1. The Balaban J connectivity index is 1.73. The summed E-state index contributed by atoms with van der Waals surface area (Å²) in [6.07, 6.45) is 0.848. The average Bonchev–Trinajstić information content (AvgIpc) is 3.26. The summed E-state index contributed by atoms with van der Waals surface area (Å²) in [5, 5.41) is 18.1. The van der Waals surface area contributed by atoms with Crippen LogP contribution in [0.25, 0.3) is 10.9 Å². The zero-order valence-electron chi connectivity index (χ0n) is 14.0. The summed E-state index contributed by atoms with van der Waals surface area (Å²) in [6.45, 7) is 2.49. The fourth-order valence-electron chi connectivity index (χ4n) is 3.25. The van der Waals surface area contributed by atoms with Gasteiger partial charge in [0.05, 0.1) is 23.3 Å². The maximum atomic E-state index is 9.03. The van der Waals surface area contributed by atoms with Gasteiger partial charge in [-0.25, -0.2) is 4.98 Å². The Morgan fingerprint density at radius 3 is 2.88 bits per heavy atom. The van der Waals surface area contributed by atoms with Gasteiger partial charge in [0.1, 0.15) is 11.9 Å². The molecular weight excluding hydrogens is 318 g/mol. The molecule has 1 aliphatic rings. The summed E-state index contributed by atoms with van der Waals surface area (Å²) in [5.41, 5.74) is 1.47. The van der Waals surface area contributed by atoms with Crippen molar-refractivity contribution in [2.45, 2.75) is 25.5 Å². The molecule has 0 bridgehead atoms. The number of nitrogens with zero attached hydrogens (tertiary/aromatic N) is 5. The van der Waals surface area contributed by atoms with Crippen molar-refractivity contribution in [3.63, 3.8) is 0 Å². The van der Waals surface area contributed by atoms with E-state index in [0.717, 1.165) is 23.1 Å². The van der Waals surface area contributed by atoms with Crippen LogP contribution in [0.2, 0.25) is 0 Å². The smallest absolute Gasteiger partial charge is 0.238 e. The van der Waals surface area contributed by atoms with Crippen molar-refractivity contribution in [2.24, 2.45) is 0 Å². The van der Waals surface area contributed by atoms with E-state index in [0.29, 0.717) is 23.9 Å². The summed E-state index contributed by atoms with van der Waals surface area (Å²) in [4.78, 5) is 6.89. The number of benzene rings is 1. The molecule has 0 amide bonds. The number of aromatic nitrogens is 3. The van der Waals surface area contributed by atoms with Gasteiger partial charge in [0.2, 0.25) is 11.8 Å². The highest BCUT2D eigenvalue weighted by Crippen LogP contribution is 2.36. The molecule has 0 N–H and O–H groups in total. The Morgan fingerprint density at radius 2 is 2.16 bits per heavy atom. The number of methoxy groups -OCH3 is 1. The van der Waals surface area contributed by atoms with E-state index < -0.39 is 0 Å². The van der Waals surface area contributed by atoms with E-state index in [9.17, 15) is 0 Å². The van der Waals surface area contributed by atoms with Gasteiger partial charge < -0.3 is 14.1 Å². The minimum absolute atomic E-state index is 0.0607. The van der Waals surface area contributed by atoms with E-state index in [1.807, 2.05) is 24.3 Å². The second-order valence-electron chi connectivity index (χ2n) is 6.11. The van der Waals surface area contributed by atoms with Crippen molar-refractivity contribution in [1.82, 2.24) is 15.2 Å². The molecule has 2 atom stereocenters. The third-order valence-electron chi connectivity index (χ3n) is 4.52. The molecular formula is C18H17N5O2. The molecule has 0 saturated carbocycles. The number of rotatable bonds is 3. The van der Waals surface area contributed by atoms with Gasteiger partial charge in [-0.3, -0.25) is 0 Å². The number of nitriles is 1. The third-order valence-corrected chi connectivity index (χ3v) is 4.52. The number of hydrogen-bond acceptors (Lipinski definition) is 7. The van der Waals surface area contributed by atoms with Crippen molar-refractivity contribution < 1.29 is 9.15 Å². The number of anilines is 1. The van der Waals surface area contributed by atoms with Crippen LogP contribution in [0.4, 0.5) is 5.82 Å². The predicted octanol–water partition coefficient (Wildman–Crippen LogP) is 2.76. The molecule has 0 unspecified atom stereocenters. The molecule has 1 saturated heterocycles. The summed E-state index contributed by atoms with van der Waals surface area (Å²) in [5.74, 6) is 1.96. The first kappa shape index (κ1) is 15.5. The van der Waals surface area contributed by atoms with Crippen LogP contribution in [0, 0.1) is 18.3 Å². The van der Waals surface area contributed by atoms with Crippen LogP contribution in [0.3, 0.4) is 0 Å². The number of ether oxygens (including phenoxy) is 1. The fourth-order valence-corrected chi connectivity index (χ4v) is 3.25. The van der Waals surface area contributed by atoms with Crippen molar-refractivity contribution >= 4 is 16.7 Å². The average molecular weight is 335 g/mol. The van der Waals surface area contributed by atoms with Crippen LogP contribution < -0.4 is 4.90 Å². The second kappa shape index (κ2) is 6.15. The zero-order valence-corrected chi connectivity index (χ0v) is 14.0. The van der Waals surface area contributed by atoms with E-state index in [1.54, 1.807) is 20.1 Å². The number of pyridine rings is 1. The van der Waals surface area contributed by atoms with Crippen LogP contribution in [-0.4, -0.2) is 34.9 Å². The Bertz CT molecular complexity index is 961. The first-order valence-electron chi connectivity index (χ1n) is 8.08. The maximum absolute atomic E-state index is 9.03. The highest BCUT2D eigenvalue weighted by Gasteiger charge is 2.37. The molecule has 1 aliphatic heterocycles. The molecule has 0 aliphatic carbocycles. The van der Waals surface area contributed by atoms with Crippen LogP contribution in [0.15, 0.2) is 34.7 Å². The lowest BCUT2D eigenvalue weighted by atomic mass is 10.1. The van der Waals surface area contributed by atoms with Gasteiger partial charge in [-0.05, 0) is 30.3 Å². The lowest BCUT2D eigenvalue weighted by Crippen LogP contribution is -2.25. The molecule has 7 heteroatoms. The molecule has 7 nitrogen and oxygen atoms in total. The molecule has 2 aromatic heterocycles. The molecule has 4 rings (SSSR count). The normalized spacial score (nSPS) is 20.1. The Hall–Kier alpha value is -2.98. The van der Waals surface area contributed by atoms with E-state index in [-0.39, 0.29) is 12.1 Å². The molecule has 0 radical (unpaired) electrons. The zero-order chi connectivity index (χ0) is 17.4. The standard InChI is InChI=1S/C18H17N5O2/c1-11-21-22-18(25-11)16-8-14(24-2)10-23(16)17-6-4-13-7-12(9-19)3-5-15(13)20-17/h3-7,14,16H,8,10H2,1-2H3/t14-,16-/m1/s1. The summed E-state index contributed by atoms with van der Waals surface area (Å²) in [6, 6.07) is 11.5. The monoisotopic (exact) mass is 335 g/mol. The van der Waals surface area contributed by atoms with E-state index >= 15 is 0 Å². The summed E-state index contributed by atoms with van der Waals surface area (Å²) >= 11 is 0. The largest absolute Gasteiger partial charge is 0.423 e.